The van der Waals surface area contributed by atoms with E-state index in [0.717, 1.165) is 4.90 Å². The monoisotopic (exact) mass is 381 g/mol. The Hall–Kier alpha value is -3.15. The van der Waals surface area contributed by atoms with Gasteiger partial charge in [-0.05, 0) is 37.1 Å². The summed E-state index contributed by atoms with van der Waals surface area (Å²) in [6.07, 6.45) is -0.845. The first-order valence-corrected chi connectivity index (χ1v) is 9.30. The molecular weight excluding hydrogens is 358 g/mol. The highest BCUT2D eigenvalue weighted by atomic mass is 16.5. The van der Waals surface area contributed by atoms with Crippen molar-refractivity contribution in [2.45, 2.75) is 26.9 Å². The molecular formula is C22H23NO5. The van der Waals surface area contributed by atoms with Crippen molar-refractivity contribution < 1.29 is 23.9 Å². The van der Waals surface area contributed by atoms with Crippen molar-refractivity contribution in [3.63, 3.8) is 0 Å². The third-order valence-corrected chi connectivity index (χ3v) is 4.52. The molecule has 6 nitrogen and oxygen atoms in total. The van der Waals surface area contributed by atoms with E-state index in [0.29, 0.717) is 23.7 Å². The van der Waals surface area contributed by atoms with Crippen LogP contribution in [0.1, 0.15) is 41.5 Å². The molecule has 2 aromatic carbocycles. The van der Waals surface area contributed by atoms with Gasteiger partial charge in [-0.25, -0.2) is 0 Å². The van der Waals surface area contributed by atoms with Crippen molar-refractivity contribution in [3.05, 3.63) is 59.7 Å². The van der Waals surface area contributed by atoms with Crippen LogP contribution in [0, 0.1) is 5.92 Å². The van der Waals surface area contributed by atoms with E-state index in [4.69, 9.17) is 9.47 Å². The number of fused-ring (bicyclic) bond motifs is 1. The van der Waals surface area contributed by atoms with E-state index in [1.165, 1.54) is 0 Å². The van der Waals surface area contributed by atoms with E-state index >= 15 is 0 Å². The first-order valence-electron chi connectivity index (χ1n) is 9.30. The Morgan fingerprint density at radius 3 is 2.50 bits per heavy atom. The molecule has 3 rings (SSSR count). The molecule has 6 heteroatoms. The van der Waals surface area contributed by atoms with Crippen molar-refractivity contribution in [2.24, 2.45) is 5.92 Å². The smallest absolute Gasteiger partial charge is 0.271 e. The van der Waals surface area contributed by atoms with Crippen LogP contribution in [0.3, 0.4) is 0 Å². The summed E-state index contributed by atoms with van der Waals surface area (Å²) in [7, 11) is 0. The number of hydrogen-bond donors (Lipinski definition) is 0. The molecule has 1 aliphatic heterocycles. The van der Waals surface area contributed by atoms with Crippen LogP contribution in [0.4, 0.5) is 0 Å². The van der Waals surface area contributed by atoms with Gasteiger partial charge in [0.1, 0.15) is 11.5 Å². The summed E-state index contributed by atoms with van der Waals surface area (Å²) in [5.74, 6) is -0.803. The molecule has 0 spiro atoms. The number of imide groups is 1. The van der Waals surface area contributed by atoms with Crippen molar-refractivity contribution in [1.29, 1.82) is 0 Å². The van der Waals surface area contributed by atoms with E-state index in [2.05, 4.69) is 0 Å². The van der Waals surface area contributed by atoms with Crippen molar-refractivity contribution >= 4 is 17.6 Å². The third-order valence-electron chi connectivity index (χ3n) is 4.52. The average Bonchev–Trinajstić information content (AvgIpc) is 2.79. The number of carbonyl (C=O) groups is 3. The molecule has 1 heterocycles. The van der Waals surface area contributed by atoms with Gasteiger partial charge in [-0.3, -0.25) is 19.3 Å². The molecule has 0 unspecified atom stereocenters. The summed E-state index contributed by atoms with van der Waals surface area (Å²) in [4.78, 5) is 40.0. The number of benzene rings is 2. The van der Waals surface area contributed by atoms with E-state index in [1.54, 1.807) is 48.5 Å². The molecule has 0 aliphatic carbocycles. The summed E-state index contributed by atoms with van der Waals surface area (Å²) in [6.45, 7) is 5.53. The lowest BCUT2D eigenvalue weighted by molar-refractivity contribution is -0.136. The molecule has 0 aromatic heterocycles. The zero-order valence-electron chi connectivity index (χ0n) is 16.2. The highest BCUT2D eigenvalue weighted by Crippen LogP contribution is 2.28. The molecule has 2 amide bonds. The van der Waals surface area contributed by atoms with Crippen LogP contribution in [-0.4, -0.2) is 41.8 Å². The number of nitrogens with zero attached hydrogens (tertiary/aromatic N) is 1. The average molecular weight is 381 g/mol. The maximum absolute atomic E-state index is 13.0. The fourth-order valence-electron chi connectivity index (χ4n) is 3.11. The van der Waals surface area contributed by atoms with Crippen LogP contribution in [0.15, 0.2) is 48.5 Å². The van der Waals surface area contributed by atoms with Gasteiger partial charge in [0.25, 0.3) is 11.8 Å². The number of para-hydroxylation sites is 2. The Morgan fingerprint density at radius 1 is 1.11 bits per heavy atom. The molecule has 146 valence electrons. The molecule has 0 saturated heterocycles. The third kappa shape index (κ3) is 3.76. The summed E-state index contributed by atoms with van der Waals surface area (Å²) in [5.41, 5.74) is 0.606. The number of ether oxygens (including phenoxy) is 2. The normalized spacial score (nSPS) is 16.4. The number of carbonyl (C=O) groups excluding carboxylic acids is 3. The lowest BCUT2D eigenvalue weighted by Crippen LogP contribution is -2.47. The number of rotatable bonds is 6. The van der Waals surface area contributed by atoms with E-state index < -0.39 is 17.9 Å². The number of hydrogen-bond acceptors (Lipinski definition) is 5. The van der Waals surface area contributed by atoms with Crippen molar-refractivity contribution in [3.8, 4) is 11.5 Å². The van der Waals surface area contributed by atoms with Gasteiger partial charge >= 0.3 is 0 Å². The Bertz CT molecular complexity index is 905. The van der Waals surface area contributed by atoms with Gasteiger partial charge in [0.2, 0.25) is 0 Å². The van der Waals surface area contributed by atoms with Crippen LogP contribution in [0.2, 0.25) is 0 Å². The SMILES string of the molecule is CCOc1ccccc1C(=O)CN1C(=O)c2ccccc2O[C@@H](C(C)C)C1=O. The molecule has 0 saturated carbocycles. The van der Waals surface area contributed by atoms with Gasteiger partial charge in [-0.2, -0.15) is 0 Å². The van der Waals surface area contributed by atoms with Gasteiger partial charge < -0.3 is 9.47 Å². The molecule has 28 heavy (non-hydrogen) atoms. The Balaban J connectivity index is 1.96. The number of Topliss-reactive ketones (excluding diaryl/α,β-unsaturated/α-hetero) is 1. The fraction of sp³-hybridized carbons (Fsp3) is 0.318. The standard InChI is InChI=1S/C22H23NO5/c1-4-27-18-11-7-5-9-15(18)17(24)13-23-21(25)16-10-6-8-12-19(16)28-20(14(2)3)22(23)26/h5-12,14,20H,4,13H2,1-3H3/t20-/m0/s1. The highest BCUT2D eigenvalue weighted by molar-refractivity contribution is 6.12. The molecule has 1 atom stereocenters. The largest absolute Gasteiger partial charge is 0.493 e. The molecule has 0 radical (unpaired) electrons. The van der Waals surface area contributed by atoms with Crippen LogP contribution in [0.5, 0.6) is 11.5 Å². The fourth-order valence-corrected chi connectivity index (χ4v) is 3.11. The van der Waals surface area contributed by atoms with E-state index in [1.807, 2.05) is 20.8 Å². The van der Waals surface area contributed by atoms with E-state index in [9.17, 15) is 14.4 Å². The highest BCUT2D eigenvalue weighted by Gasteiger charge is 2.39. The van der Waals surface area contributed by atoms with Gasteiger partial charge in [-0.15, -0.1) is 0 Å². The summed E-state index contributed by atoms with van der Waals surface area (Å²) >= 11 is 0. The summed E-state index contributed by atoms with van der Waals surface area (Å²) in [6, 6.07) is 13.5. The van der Waals surface area contributed by atoms with Crippen LogP contribution in [0.25, 0.3) is 0 Å². The van der Waals surface area contributed by atoms with Crippen LogP contribution < -0.4 is 9.47 Å². The zero-order valence-corrected chi connectivity index (χ0v) is 16.2. The molecule has 0 fully saturated rings. The van der Waals surface area contributed by atoms with Gasteiger partial charge in [0, 0.05) is 0 Å². The lowest BCUT2D eigenvalue weighted by atomic mass is 10.0. The molecule has 0 N–H and O–H groups in total. The Morgan fingerprint density at radius 2 is 1.79 bits per heavy atom. The zero-order chi connectivity index (χ0) is 20.3. The second-order valence-electron chi connectivity index (χ2n) is 6.86. The van der Waals surface area contributed by atoms with Crippen LogP contribution >= 0.6 is 0 Å². The predicted octanol–water partition coefficient (Wildman–Crippen LogP) is 3.35. The predicted molar refractivity (Wildman–Crippen MR) is 104 cm³/mol. The Kier molecular flexibility index (Phi) is 5.78. The maximum atomic E-state index is 13.0. The van der Waals surface area contributed by atoms with Gasteiger partial charge in [-0.1, -0.05) is 38.1 Å². The minimum atomic E-state index is -0.845. The molecule has 1 aliphatic rings. The topological polar surface area (TPSA) is 72.9 Å². The van der Waals surface area contributed by atoms with E-state index in [-0.39, 0.29) is 23.8 Å². The van der Waals surface area contributed by atoms with Gasteiger partial charge in [0.05, 0.1) is 24.3 Å². The maximum Gasteiger partial charge on any atom is 0.271 e. The first kappa shape index (κ1) is 19.6. The second-order valence-corrected chi connectivity index (χ2v) is 6.86. The number of ketones is 1. The first-order chi connectivity index (χ1) is 13.4. The number of amides is 2. The Labute approximate surface area is 164 Å². The van der Waals surface area contributed by atoms with Crippen LogP contribution in [-0.2, 0) is 4.79 Å². The molecule has 2 aromatic rings. The minimum Gasteiger partial charge on any atom is -0.493 e. The van der Waals surface area contributed by atoms with Crippen molar-refractivity contribution in [2.75, 3.05) is 13.2 Å². The summed E-state index contributed by atoms with van der Waals surface area (Å²) < 4.78 is 11.3. The quantitative estimate of drug-likeness (QED) is 0.567. The summed E-state index contributed by atoms with van der Waals surface area (Å²) in [5, 5.41) is 0. The van der Waals surface area contributed by atoms with Gasteiger partial charge in [0.15, 0.2) is 11.9 Å². The molecule has 0 bridgehead atoms. The van der Waals surface area contributed by atoms with Crippen molar-refractivity contribution in [1.82, 2.24) is 4.90 Å². The minimum absolute atomic E-state index is 0.167. The lowest BCUT2D eigenvalue weighted by Gasteiger charge is -2.24. The second kappa shape index (κ2) is 8.25.